The highest BCUT2D eigenvalue weighted by Gasteiger charge is 2.45. The van der Waals surface area contributed by atoms with Crippen molar-refractivity contribution in [2.75, 3.05) is 20.3 Å². The molecule has 3 aromatic rings. The van der Waals surface area contributed by atoms with Crippen LogP contribution in [0.2, 0.25) is 5.02 Å². The molecule has 0 fully saturated rings. The van der Waals surface area contributed by atoms with Crippen LogP contribution in [-0.2, 0) is 14.3 Å². The Balaban J connectivity index is 1.47. The zero-order valence-corrected chi connectivity index (χ0v) is 23.1. The summed E-state index contributed by atoms with van der Waals surface area (Å²) in [5, 5.41) is 10.4. The molecule has 8 heteroatoms. The second kappa shape index (κ2) is 12.0. The Morgan fingerprint density at radius 1 is 1.00 bits per heavy atom. The molecule has 2 aliphatic rings. The average molecular weight is 560 g/mol. The summed E-state index contributed by atoms with van der Waals surface area (Å²) in [7, 11) is 1.42. The van der Waals surface area contributed by atoms with Crippen LogP contribution in [0.1, 0.15) is 42.7 Å². The predicted molar refractivity (Wildman–Crippen MR) is 152 cm³/mol. The third kappa shape index (κ3) is 5.61. The summed E-state index contributed by atoms with van der Waals surface area (Å²) in [6, 6.07) is 22.3. The van der Waals surface area contributed by atoms with Gasteiger partial charge >= 0.3 is 5.97 Å². The number of Topliss-reactive ketones (excluding diaryl/α,β-unsaturated/α-hetero) is 1. The highest BCUT2D eigenvalue weighted by Crippen LogP contribution is 2.49. The van der Waals surface area contributed by atoms with E-state index in [2.05, 4.69) is 0 Å². The van der Waals surface area contributed by atoms with E-state index < -0.39 is 17.8 Å². The first-order valence-electron chi connectivity index (χ1n) is 13.1. The number of methoxy groups -OCH3 is 1. The number of rotatable bonds is 8. The van der Waals surface area contributed by atoms with Crippen LogP contribution in [0, 0.1) is 5.92 Å². The first-order chi connectivity index (χ1) is 19.4. The van der Waals surface area contributed by atoms with E-state index in [4.69, 9.17) is 30.8 Å². The lowest BCUT2D eigenvalue weighted by molar-refractivity contribution is -0.147. The number of esters is 1. The van der Waals surface area contributed by atoms with E-state index in [1.165, 1.54) is 7.11 Å². The molecule has 3 aromatic carbocycles. The number of hydrogen-bond acceptors (Lipinski definition) is 7. The van der Waals surface area contributed by atoms with Crippen molar-refractivity contribution < 1.29 is 28.9 Å². The number of allylic oxidation sites excluding steroid dienone is 2. The van der Waals surface area contributed by atoms with Crippen molar-refractivity contribution in [3.05, 3.63) is 100 Å². The van der Waals surface area contributed by atoms with Gasteiger partial charge < -0.3 is 19.3 Å². The number of ether oxygens (including phenoxy) is 3. The largest absolute Gasteiger partial charge is 0.503 e. The maximum Gasteiger partial charge on any atom is 0.315 e. The number of para-hydroxylation sites is 1. The minimum Gasteiger partial charge on any atom is -0.503 e. The maximum atomic E-state index is 13.8. The number of aromatic hydroxyl groups is 1. The SMILES string of the molecule is COc1cc([C@@H]2C3=C(C[C@H](c4ccccc4)CC3=O)N=C(C)C2C(=O)OCCOc2ccccc2)cc(Cl)c1O. The molecule has 0 radical (unpaired) electrons. The molecule has 0 spiro atoms. The van der Waals surface area contributed by atoms with Gasteiger partial charge in [0.2, 0.25) is 0 Å². The Hall–Kier alpha value is -4.10. The minimum absolute atomic E-state index is 0.0128. The van der Waals surface area contributed by atoms with Crippen molar-refractivity contribution in [3.63, 3.8) is 0 Å². The van der Waals surface area contributed by atoms with Gasteiger partial charge in [-0.25, -0.2) is 0 Å². The Kier molecular flexibility index (Phi) is 8.21. The molecular weight excluding hydrogens is 530 g/mol. The fourth-order valence-electron chi connectivity index (χ4n) is 5.52. The Labute approximate surface area is 238 Å². The first kappa shape index (κ1) is 27.5. The highest BCUT2D eigenvalue weighted by atomic mass is 35.5. The molecule has 40 heavy (non-hydrogen) atoms. The van der Waals surface area contributed by atoms with E-state index in [0.717, 1.165) is 5.56 Å². The van der Waals surface area contributed by atoms with Crippen molar-refractivity contribution in [1.29, 1.82) is 0 Å². The van der Waals surface area contributed by atoms with Gasteiger partial charge in [-0.05, 0) is 54.7 Å². The van der Waals surface area contributed by atoms with Crippen LogP contribution >= 0.6 is 11.6 Å². The Morgan fingerprint density at radius 2 is 1.70 bits per heavy atom. The quantitative estimate of drug-likeness (QED) is 0.259. The van der Waals surface area contributed by atoms with E-state index in [1.54, 1.807) is 19.1 Å². The molecule has 3 atom stereocenters. The minimum atomic E-state index is -0.863. The molecule has 5 rings (SSSR count). The van der Waals surface area contributed by atoms with Crippen molar-refractivity contribution in [1.82, 2.24) is 0 Å². The average Bonchev–Trinajstić information content (AvgIpc) is 2.96. The Bertz CT molecular complexity index is 1470. The predicted octanol–water partition coefficient (Wildman–Crippen LogP) is 6.25. The van der Waals surface area contributed by atoms with E-state index >= 15 is 0 Å². The fraction of sp³-hybridized carbons (Fsp3) is 0.281. The molecule has 1 N–H and O–H groups in total. The van der Waals surface area contributed by atoms with Crippen LogP contribution in [-0.4, -0.2) is 42.9 Å². The summed E-state index contributed by atoms with van der Waals surface area (Å²) in [5.74, 6) is -1.56. The van der Waals surface area contributed by atoms with Crippen molar-refractivity contribution in [3.8, 4) is 17.2 Å². The van der Waals surface area contributed by atoms with Crippen LogP contribution in [0.15, 0.2) is 89.1 Å². The molecular formula is C32H30ClNO6. The fourth-order valence-corrected chi connectivity index (χ4v) is 5.74. The summed E-state index contributed by atoms with van der Waals surface area (Å²) < 4.78 is 16.7. The molecule has 0 amide bonds. The summed E-state index contributed by atoms with van der Waals surface area (Å²) >= 11 is 6.36. The molecule has 0 aromatic heterocycles. The number of phenolic OH excluding ortho intramolecular Hbond substituents is 1. The second-order valence-electron chi connectivity index (χ2n) is 9.89. The summed E-state index contributed by atoms with van der Waals surface area (Å²) in [4.78, 5) is 32.1. The number of phenols is 1. The second-order valence-corrected chi connectivity index (χ2v) is 10.3. The van der Waals surface area contributed by atoms with Crippen LogP contribution in [0.25, 0.3) is 0 Å². The number of nitrogens with zero attached hydrogens (tertiary/aromatic N) is 1. The van der Waals surface area contributed by atoms with Gasteiger partial charge in [-0.2, -0.15) is 0 Å². The third-order valence-electron chi connectivity index (χ3n) is 7.38. The van der Waals surface area contributed by atoms with Gasteiger partial charge in [-0.15, -0.1) is 0 Å². The number of carbonyl (C=O) groups excluding carboxylic acids is 2. The maximum absolute atomic E-state index is 13.8. The van der Waals surface area contributed by atoms with Gasteiger partial charge in [-0.3, -0.25) is 14.6 Å². The number of carbonyl (C=O) groups is 2. The van der Waals surface area contributed by atoms with Crippen LogP contribution < -0.4 is 9.47 Å². The number of halogens is 1. The lowest BCUT2D eigenvalue weighted by Gasteiger charge is -2.36. The number of ketones is 1. The third-order valence-corrected chi connectivity index (χ3v) is 7.67. The highest BCUT2D eigenvalue weighted by molar-refractivity contribution is 6.32. The standard InChI is InChI=1S/C32H30ClNO6/c1-19-28(32(37)40-14-13-39-23-11-7-4-8-12-23)29(22-15-24(33)31(36)27(18-22)38-2)30-25(34-19)16-21(17-26(30)35)20-9-5-3-6-10-20/h3-12,15,18,21,28-29,36H,13-14,16-17H2,1-2H3/t21-,28?,29-/m0/s1. The topological polar surface area (TPSA) is 94.4 Å². The molecule has 0 saturated carbocycles. The molecule has 1 aliphatic carbocycles. The van der Waals surface area contributed by atoms with E-state index in [0.29, 0.717) is 41.1 Å². The van der Waals surface area contributed by atoms with Gasteiger partial charge in [0, 0.05) is 29.3 Å². The van der Waals surface area contributed by atoms with E-state index in [1.807, 2.05) is 60.7 Å². The molecule has 206 valence electrons. The zero-order chi connectivity index (χ0) is 28.2. The van der Waals surface area contributed by atoms with Crippen LogP contribution in [0.4, 0.5) is 0 Å². The van der Waals surface area contributed by atoms with Gasteiger partial charge in [0.15, 0.2) is 17.3 Å². The Morgan fingerprint density at radius 3 is 2.40 bits per heavy atom. The van der Waals surface area contributed by atoms with Gasteiger partial charge in [-0.1, -0.05) is 60.1 Å². The van der Waals surface area contributed by atoms with E-state index in [-0.39, 0.29) is 41.4 Å². The monoisotopic (exact) mass is 559 g/mol. The molecule has 7 nitrogen and oxygen atoms in total. The molecule has 0 bridgehead atoms. The first-order valence-corrected chi connectivity index (χ1v) is 13.5. The molecule has 0 saturated heterocycles. The summed E-state index contributed by atoms with van der Waals surface area (Å²) in [6.07, 6.45) is 0.859. The lowest BCUT2D eigenvalue weighted by Crippen LogP contribution is -2.38. The summed E-state index contributed by atoms with van der Waals surface area (Å²) in [5.41, 5.74) is 3.32. The smallest absolute Gasteiger partial charge is 0.315 e. The molecule has 1 unspecified atom stereocenters. The zero-order valence-electron chi connectivity index (χ0n) is 22.3. The van der Waals surface area contributed by atoms with Crippen LogP contribution in [0.5, 0.6) is 17.2 Å². The van der Waals surface area contributed by atoms with E-state index in [9.17, 15) is 14.7 Å². The van der Waals surface area contributed by atoms with Gasteiger partial charge in [0.25, 0.3) is 0 Å². The van der Waals surface area contributed by atoms with Crippen molar-refractivity contribution >= 4 is 29.1 Å². The number of benzene rings is 3. The summed E-state index contributed by atoms with van der Waals surface area (Å²) in [6.45, 7) is 1.98. The molecule has 1 heterocycles. The van der Waals surface area contributed by atoms with Crippen molar-refractivity contribution in [2.24, 2.45) is 10.9 Å². The van der Waals surface area contributed by atoms with Crippen LogP contribution in [0.3, 0.4) is 0 Å². The molecule has 1 aliphatic heterocycles. The normalized spacial score (nSPS) is 20.4. The number of aliphatic imine (C=N–C) groups is 1. The van der Waals surface area contributed by atoms with Gasteiger partial charge in [0.05, 0.1) is 12.1 Å². The van der Waals surface area contributed by atoms with Gasteiger partial charge in [0.1, 0.15) is 24.9 Å². The lowest BCUT2D eigenvalue weighted by atomic mass is 9.69. The number of hydrogen-bond donors (Lipinski definition) is 1. The van der Waals surface area contributed by atoms with Crippen molar-refractivity contribution in [2.45, 2.75) is 31.6 Å².